The summed E-state index contributed by atoms with van der Waals surface area (Å²) in [6.07, 6.45) is 4.97. The van der Waals surface area contributed by atoms with Gasteiger partial charge in [-0.15, -0.1) is 0 Å². The highest BCUT2D eigenvalue weighted by atomic mass is 19.1. The van der Waals surface area contributed by atoms with Crippen LogP contribution in [0.1, 0.15) is 31.1 Å². The van der Waals surface area contributed by atoms with Crippen molar-refractivity contribution in [1.29, 1.82) is 0 Å². The van der Waals surface area contributed by atoms with Crippen molar-refractivity contribution < 1.29 is 46.6 Å². The van der Waals surface area contributed by atoms with Gasteiger partial charge in [0.25, 0.3) is 0 Å². The first kappa shape index (κ1) is 36.1. The van der Waals surface area contributed by atoms with Gasteiger partial charge in [0.05, 0.1) is 49.1 Å². The quantitative estimate of drug-likeness (QED) is 0.0834. The van der Waals surface area contributed by atoms with Crippen LogP contribution in [0.15, 0.2) is 91.8 Å². The number of hydrogen-bond donors (Lipinski definition) is 1. The number of pyridine rings is 2. The molecular weight excluding hydrogens is 607 g/mol. The SMILES string of the molecule is C=CC=O.COC(=O)c1cc2cccnc2cc1F.COC(=O)c1ccc(N)cc1F.COC(=O)c1ccc2ncccc2c1F. The summed E-state index contributed by atoms with van der Waals surface area (Å²) in [5, 5.41) is 1.03. The van der Waals surface area contributed by atoms with Gasteiger partial charge in [-0.25, -0.2) is 27.6 Å². The van der Waals surface area contributed by atoms with Crippen molar-refractivity contribution in [1.82, 2.24) is 9.97 Å². The topological polar surface area (TPSA) is 148 Å². The summed E-state index contributed by atoms with van der Waals surface area (Å²) in [5.74, 6) is -3.94. The lowest BCUT2D eigenvalue weighted by atomic mass is 10.1. The zero-order valence-electron chi connectivity index (χ0n) is 24.8. The first-order chi connectivity index (χ1) is 22.0. The number of carbonyl (C=O) groups excluding carboxylic acids is 4. The molecule has 0 unspecified atom stereocenters. The summed E-state index contributed by atoms with van der Waals surface area (Å²) in [6, 6.07) is 16.1. The van der Waals surface area contributed by atoms with Crippen molar-refractivity contribution in [2.24, 2.45) is 0 Å². The Kier molecular flexibility index (Phi) is 14.0. The summed E-state index contributed by atoms with van der Waals surface area (Å²) >= 11 is 0. The molecule has 46 heavy (non-hydrogen) atoms. The second kappa shape index (κ2) is 17.9. The van der Waals surface area contributed by atoms with Crippen molar-refractivity contribution in [2.45, 2.75) is 0 Å². The number of anilines is 1. The molecule has 0 aliphatic carbocycles. The van der Waals surface area contributed by atoms with E-state index in [1.807, 2.05) is 0 Å². The number of halogens is 3. The minimum atomic E-state index is -0.701. The van der Waals surface area contributed by atoms with Crippen LogP contribution in [-0.4, -0.2) is 55.5 Å². The molecule has 0 aliphatic rings. The average molecular weight is 636 g/mol. The lowest BCUT2D eigenvalue weighted by molar-refractivity contribution is -0.104. The standard InChI is InChI=1S/2C11H8FNO2.C8H8FNO2.C3H4O/c1-15-11(14)8-4-5-9-7(10(8)12)3-2-6-13-9;1-15-11(14)8-5-7-3-2-4-13-10(7)6-9(8)12;1-12-8(11)6-3-2-5(10)4-7(6)9;1-2-3-4/h2*2-6H,1H3;2-4H,10H2,1H3;2-3H,1H2. The fourth-order valence-electron chi connectivity index (χ4n) is 3.55. The van der Waals surface area contributed by atoms with E-state index in [-0.39, 0.29) is 22.4 Å². The van der Waals surface area contributed by atoms with Gasteiger partial charge in [-0.05, 0) is 60.7 Å². The number of nitrogen functional groups attached to an aromatic ring is 1. The monoisotopic (exact) mass is 635 g/mol. The third kappa shape index (κ3) is 9.71. The fraction of sp³-hybridized carbons (Fsp3) is 0.0909. The molecule has 0 spiro atoms. The highest BCUT2D eigenvalue weighted by Gasteiger charge is 2.15. The van der Waals surface area contributed by atoms with Crippen LogP contribution in [-0.2, 0) is 19.0 Å². The predicted octanol–water partition coefficient (Wildman–Crippen LogP) is 5.89. The maximum atomic E-state index is 13.8. The maximum Gasteiger partial charge on any atom is 0.340 e. The van der Waals surface area contributed by atoms with Gasteiger partial charge in [-0.1, -0.05) is 12.6 Å². The van der Waals surface area contributed by atoms with Crippen molar-refractivity contribution >= 4 is 51.7 Å². The number of allylic oxidation sites excluding steroid dienone is 1. The number of benzene rings is 3. The molecule has 13 heteroatoms. The van der Waals surface area contributed by atoms with Gasteiger partial charge >= 0.3 is 17.9 Å². The Hall–Kier alpha value is -6.11. The number of ether oxygens (including phenoxy) is 3. The molecule has 2 heterocycles. The van der Waals surface area contributed by atoms with E-state index in [9.17, 15) is 27.6 Å². The number of rotatable bonds is 4. The molecular formula is C33H28F3N3O7. The molecule has 5 aromatic rings. The van der Waals surface area contributed by atoms with Crippen LogP contribution < -0.4 is 5.73 Å². The summed E-state index contributed by atoms with van der Waals surface area (Å²) in [7, 11) is 3.63. The van der Waals surface area contributed by atoms with Crippen LogP contribution in [0.3, 0.4) is 0 Å². The number of aromatic nitrogens is 2. The molecule has 10 nitrogen and oxygen atoms in total. The largest absolute Gasteiger partial charge is 0.465 e. The molecule has 0 amide bonds. The number of methoxy groups -OCH3 is 3. The van der Waals surface area contributed by atoms with E-state index in [1.54, 1.807) is 42.7 Å². The second-order valence-electron chi connectivity index (χ2n) is 8.61. The van der Waals surface area contributed by atoms with E-state index in [1.165, 1.54) is 57.7 Å². The highest BCUT2D eigenvalue weighted by molar-refractivity contribution is 5.95. The highest BCUT2D eigenvalue weighted by Crippen LogP contribution is 2.20. The molecule has 0 aliphatic heterocycles. The van der Waals surface area contributed by atoms with Crippen LogP contribution in [0.4, 0.5) is 18.9 Å². The van der Waals surface area contributed by atoms with Crippen molar-refractivity contribution in [2.75, 3.05) is 27.1 Å². The number of carbonyl (C=O) groups is 4. The summed E-state index contributed by atoms with van der Waals surface area (Å²) < 4.78 is 53.4. The van der Waals surface area contributed by atoms with Crippen LogP contribution in [0.5, 0.6) is 0 Å². The molecule has 238 valence electrons. The number of fused-ring (bicyclic) bond motifs is 2. The smallest absolute Gasteiger partial charge is 0.340 e. The zero-order valence-corrected chi connectivity index (χ0v) is 24.8. The first-order valence-corrected chi connectivity index (χ1v) is 13.0. The average Bonchev–Trinajstić information content (AvgIpc) is 3.08. The molecule has 2 aromatic heterocycles. The Labute approximate surface area is 261 Å². The van der Waals surface area contributed by atoms with E-state index < -0.39 is 35.4 Å². The predicted molar refractivity (Wildman–Crippen MR) is 164 cm³/mol. The Morgan fingerprint density at radius 2 is 1.24 bits per heavy atom. The summed E-state index contributed by atoms with van der Waals surface area (Å²) in [6.45, 7) is 3.11. The number of nitrogens with two attached hydrogens (primary N) is 1. The van der Waals surface area contributed by atoms with Gasteiger partial charge in [0.1, 0.15) is 23.7 Å². The van der Waals surface area contributed by atoms with Crippen LogP contribution in [0, 0.1) is 17.5 Å². The molecule has 0 saturated heterocycles. The van der Waals surface area contributed by atoms with Crippen LogP contribution in [0.2, 0.25) is 0 Å². The first-order valence-electron chi connectivity index (χ1n) is 13.0. The van der Waals surface area contributed by atoms with E-state index in [0.29, 0.717) is 28.1 Å². The van der Waals surface area contributed by atoms with Crippen molar-refractivity contribution in [3.05, 3.63) is 126 Å². The Balaban J connectivity index is 0.000000228. The third-order valence-corrected chi connectivity index (χ3v) is 5.72. The van der Waals surface area contributed by atoms with Crippen LogP contribution in [0.25, 0.3) is 21.8 Å². The van der Waals surface area contributed by atoms with Crippen LogP contribution >= 0.6 is 0 Å². The Bertz CT molecular complexity index is 1840. The van der Waals surface area contributed by atoms with E-state index in [2.05, 4.69) is 30.8 Å². The molecule has 0 radical (unpaired) electrons. The maximum absolute atomic E-state index is 13.8. The molecule has 5 rings (SSSR count). The zero-order chi connectivity index (χ0) is 34.2. The van der Waals surface area contributed by atoms with Gasteiger partial charge in [0, 0.05) is 34.9 Å². The second-order valence-corrected chi connectivity index (χ2v) is 8.61. The minimum Gasteiger partial charge on any atom is -0.465 e. The number of hydrogen-bond acceptors (Lipinski definition) is 10. The van der Waals surface area contributed by atoms with Gasteiger partial charge < -0.3 is 19.9 Å². The molecule has 3 aromatic carbocycles. The molecule has 2 N–H and O–H groups in total. The number of nitrogens with zero attached hydrogens (tertiary/aromatic N) is 2. The van der Waals surface area contributed by atoms with E-state index in [0.717, 1.165) is 6.07 Å². The Morgan fingerprint density at radius 3 is 1.83 bits per heavy atom. The lowest BCUT2D eigenvalue weighted by Crippen LogP contribution is -2.04. The normalized spacial score (nSPS) is 9.61. The van der Waals surface area contributed by atoms with E-state index >= 15 is 0 Å². The minimum absolute atomic E-state index is 0.0713. The van der Waals surface area contributed by atoms with Gasteiger partial charge in [0.2, 0.25) is 0 Å². The number of aldehydes is 1. The van der Waals surface area contributed by atoms with Crippen molar-refractivity contribution in [3.8, 4) is 0 Å². The molecule has 0 atom stereocenters. The molecule has 0 fully saturated rings. The van der Waals surface area contributed by atoms with E-state index in [4.69, 9.17) is 10.5 Å². The summed E-state index contributed by atoms with van der Waals surface area (Å²) in [4.78, 5) is 50.2. The van der Waals surface area contributed by atoms with Gasteiger partial charge in [-0.3, -0.25) is 14.8 Å². The summed E-state index contributed by atoms with van der Waals surface area (Å²) in [5.41, 5.74) is 6.34. The van der Waals surface area contributed by atoms with Gasteiger partial charge in [0.15, 0.2) is 0 Å². The van der Waals surface area contributed by atoms with Crippen molar-refractivity contribution in [3.63, 3.8) is 0 Å². The lowest BCUT2D eigenvalue weighted by Gasteiger charge is -2.03. The number of esters is 3. The molecule has 0 saturated carbocycles. The van der Waals surface area contributed by atoms with Gasteiger partial charge in [-0.2, -0.15) is 0 Å². The fourth-order valence-corrected chi connectivity index (χ4v) is 3.55. The molecule has 0 bridgehead atoms. The Morgan fingerprint density at radius 1 is 0.717 bits per heavy atom. The third-order valence-electron chi connectivity index (χ3n) is 5.72.